The highest BCUT2D eigenvalue weighted by atomic mass is 16.5. The first kappa shape index (κ1) is 14.9. The summed E-state index contributed by atoms with van der Waals surface area (Å²) in [5.41, 5.74) is 1.35. The van der Waals surface area contributed by atoms with E-state index in [9.17, 15) is 4.79 Å². The maximum atomic E-state index is 10.8. The molecule has 2 nitrogen and oxygen atoms in total. The van der Waals surface area contributed by atoms with Crippen molar-refractivity contribution < 1.29 is 9.53 Å². The summed E-state index contributed by atoms with van der Waals surface area (Å²) in [6, 6.07) is 0. The Labute approximate surface area is 99.4 Å². The fourth-order valence-corrected chi connectivity index (χ4v) is 1.58. The van der Waals surface area contributed by atoms with Crippen LogP contribution in [0.4, 0.5) is 0 Å². The van der Waals surface area contributed by atoms with Crippen LogP contribution >= 0.6 is 0 Å². The molecule has 0 rings (SSSR count). The molecule has 0 aliphatic carbocycles. The van der Waals surface area contributed by atoms with E-state index < -0.39 is 0 Å². The molecule has 0 saturated carbocycles. The maximum Gasteiger partial charge on any atom is 0.303 e. The van der Waals surface area contributed by atoms with Crippen molar-refractivity contribution in [3.63, 3.8) is 0 Å². The van der Waals surface area contributed by atoms with Gasteiger partial charge in [-0.1, -0.05) is 31.2 Å². The van der Waals surface area contributed by atoms with Gasteiger partial charge in [0.1, 0.15) is 6.10 Å². The first-order valence-corrected chi connectivity index (χ1v) is 5.88. The van der Waals surface area contributed by atoms with Crippen molar-refractivity contribution in [1.82, 2.24) is 0 Å². The van der Waals surface area contributed by atoms with Gasteiger partial charge in [-0.25, -0.2) is 0 Å². The Morgan fingerprint density at radius 2 is 2.00 bits per heavy atom. The molecule has 0 bridgehead atoms. The van der Waals surface area contributed by atoms with Gasteiger partial charge in [0, 0.05) is 6.92 Å². The molecule has 16 heavy (non-hydrogen) atoms. The fourth-order valence-electron chi connectivity index (χ4n) is 1.58. The molecule has 0 spiro atoms. The molecule has 0 aliphatic heterocycles. The predicted molar refractivity (Wildman–Crippen MR) is 68.2 cm³/mol. The van der Waals surface area contributed by atoms with Crippen LogP contribution in [0, 0.1) is 5.92 Å². The highest BCUT2D eigenvalue weighted by Gasteiger charge is 2.12. The molecular weight excluding hydrogens is 200 g/mol. The average molecular weight is 224 g/mol. The monoisotopic (exact) mass is 224 g/mol. The lowest BCUT2D eigenvalue weighted by Crippen LogP contribution is -2.16. The number of ether oxygens (including phenoxy) is 1. The van der Waals surface area contributed by atoms with Crippen LogP contribution in [0.15, 0.2) is 24.3 Å². The van der Waals surface area contributed by atoms with Crippen molar-refractivity contribution in [2.45, 2.75) is 53.1 Å². The molecule has 0 heterocycles. The average Bonchev–Trinajstić information content (AvgIpc) is 2.15. The van der Waals surface area contributed by atoms with Crippen LogP contribution in [0.1, 0.15) is 47.0 Å². The molecule has 2 unspecified atom stereocenters. The van der Waals surface area contributed by atoms with E-state index in [1.54, 1.807) is 6.08 Å². The molecule has 0 aliphatic rings. The first-order valence-electron chi connectivity index (χ1n) is 5.88. The summed E-state index contributed by atoms with van der Waals surface area (Å²) in [6.07, 6.45) is 6.88. The Morgan fingerprint density at radius 1 is 1.38 bits per heavy atom. The van der Waals surface area contributed by atoms with Crippen molar-refractivity contribution in [2.75, 3.05) is 0 Å². The number of allylic oxidation sites excluding steroid dienone is 2. The summed E-state index contributed by atoms with van der Waals surface area (Å²) in [4.78, 5) is 10.8. The smallest absolute Gasteiger partial charge is 0.303 e. The maximum absolute atomic E-state index is 10.8. The fraction of sp³-hybridized carbons (Fsp3) is 0.643. The molecular formula is C14H24O2. The van der Waals surface area contributed by atoms with Gasteiger partial charge in [0.2, 0.25) is 0 Å². The number of hydrogen-bond donors (Lipinski definition) is 0. The molecule has 92 valence electrons. The summed E-state index contributed by atoms with van der Waals surface area (Å²) in [6.45, 7) is 11.5. The second kappa shape index (κ2) is 8.14. The zero-order valence-electron chi connectivity index (χ0n) is 11.0. The van der Waals surface area contributed by atoms with Gasteiger partial charge < -0.3 is 4.74 Å². The Kier molecular flexibility index (Phi) is 7.61. The predicted octanol–water partition coefficient (Wildman–Crippen LogP) is 3.88. The minimum absolute atomic E-state index is 0.140. The van der Waals surface area contributed by atoms with Gasteiger partial charge in [0.25, 0.3) is 0 Å². The summed E-state index contributed by atoms with van der Waals surface area (Å²) in [5.74, 6) is 0.305. The van der Waals surface area contributed by atoms with Gasteiger partial charge in [0.05, 0.1) is 0 Å². The van der Waals surface area contributed by atoms with Gasteiger partial charge in [-0.15, -0.1) is 0 Å². The van der Waals surface area contributed by atoms with Gasteiger partial charge >= 0.3 is 5.97 Å². The van der Waals surface area contributed by atoms with E-state index in [-0.39, 0.29) is 12.1 Å². The molecule has 2 heteroatoms. The third-order valence-electron chi connectivity index (χ3n) is 2.43. The van der Waals surface area contributed by atoms with Gasteiger partial charge in [0.15, 0.2) is 0 Å². The molecule has 0 aromatic heterocycles. The SMILES string of the molecule is C=CC(CC(C)CCC=C(C)C)OC(C)=O. The molecule has 0 aromatic carbocycles. The number of hydrogen-bond acceptors (Lipinski definition) is 2. The Balaban J connectivity index is 3.91. The highest BCUT2D eigenvalue weighted by Crippen LogP contribution is 2.16. The quantitative estimate of drug-likeness (QED) is 0.484. The molecule has 0 amide bonds. The van der Waals surface area contributed by atoms with E-state index in [0.717, 1.165) is 19.3 Å². The Bertz CT molecular complexity index is 249. The highest BCUT2D eigenvalue weighted by molar-refractivity contribution is 5.66. The third-order valence-corrected chi connectivity index (χ3v) is 2.43. The van der Waals surface area contributed by atoms with Crippen molar-refractivity contribution in [3.8, 4) is 0 Å². The Hall–Kier alpha value is -1.05. The molecule has 0 fully saturated rings. The normalized spacial score (nSPS) is 13.8. The molecule has 0 radical (unpaired) electrons. The summed E-state index contributed by atoms with van der Waals surface area (Å²) >= 11 is 0. The summed E-state index contributed by atoms with van der Waals surface area (Å²) in [5, 5.41) is 0. The first-order chi connectivity index (χ1) is 7.45. The molecule has 0 aromatic rings. The standard InChI is InChI=1S/C14H24O2/c1-6-14(16-13(5)15)10-12(4)9-7-8-11(2)3/h6,8,12,14H,1,7,9-10H2,2-5H3. The summed E-state index contributed by atoms with van der Waals surface area (Å²) < 4.78 is 5.13. The van der Waals surface area contributed by atoms with Crippen LogP contribution < -0.4 is 0 Å². The topological polar surface area (TPSA) is 26.3 Å². The minimum atomic E-state index is -0.235. The number of carbonyl (C=O) groups is 1. The lowest BCUT2D eigenvalue weighted by atomic mass is 9.97. The second-order valence-electron chi connectivity index (χ2n) is 4.58. The number of esters is 1. The zero-order valence-corrected chi connectivity index (χ0v) is 11.0. The van der Waals surface area contributed by atoms with E-state index in [2.05, 4.69) is 33.4 Å². The van der Waals surface area contributed by atoms with Crippen LogP contribution in [-0.2, 0) is 9.53 Å². The van der Waals surface area contributed by atoms with E-state index >= 15 is 0 Å². The van der Waals surface area contributed by atoms with E-state index in [4.69, 9.17) is 4.74 Å². The van der Waals surface area contributed by atoms with Gasteiger partial charge in [-0.2, -0.15) is 0 Å². The van der Waals surface area contributed by atoms with Crippen LogP contribution in [0.2, 0.25) is 0 Å². The Morgan fingerprint density at radius 3 is 2.44 bits per heavy atom. The van der Waals surface area contributed by atoms with Crippen LogP contribution in [-0.4, -0.2) is 12.1 Å². The van der Waals surface area contributed by atoms with Crippen molar-refractivity contribution in [3.05, 3.63) is 24.3 Å². The second-order valence-corrected chi connectivity index (χ2v) is 4.58. The van der Waals surface area contributed by atoms with Crippen LogP contribution in [0.5, 0.6) is 0 Å². The van der Waals surface area contributed by atoms with Crippen molar-refractivity contribution in [2.24, 2.45) is 5.92 Å². The summed E-state index contributed by atoms with van der Waals surface area (Å²) in [7, 11) is 0. The molecule has 2 atom stereocenters. The largest absolute Gasteiger partial charge is 0.458 e. The van der Waals surface area contributed by atoms with Gasteiger partial charge in [-0.05, 0) is 39.0 Å². The van der Waals surface area contributed by atoms with Crippen LogP contribution in [0.3, 0.4) is 0 Å². The lowest BCUT2D eigenvalue weighted by Gasteiger charge is -2.17. The lowest BCUT2D eigenvalue weighted by molar-refractivity contribution is -0.144. The molecule has 0 N–H and O–H groups in total. The number of rotatable bonds is 7. The van der Waals surface area contributed by atoms with E-state index in [0.29, 0.717) is 5.92 Å². The van der Waals surface area contributed by atoms with Crippen molar-refractivity contribution >= 4 is 5.97 Å². The zero-order chi connectivity index (χ0) is 12.6. The van der Waals surface area contributed by atoms with E-state index in [1.807, 2.05) is 0 Å². The van der Waals surface area contributed by atoms with Crippen molar-refractivity contribution in [1.29, 1.82) is 0 Å². The third kappa shape index (κ3) is 8.27. The van der Waals surface area contributed by atoms with Gasteiger partial charge in [-0.3, -0.25) is 4.79 Å². The minimum Gasteiger partial charge on any atom is -0.458 e. The molecule has 0 saturated heterocycles. The van der Waals surface area contributed by atoms with E-state index in [1.165, 1.54) is 12.5 Å². The van der Waals surface area contributed by atoms with Crippen LogP contribution in [0.25, 0.3) is 0 Å². The number of carbonyl (C=O) groups excluding carboxylic acids is 1.